The van der Waals surface area contributed by atoms with Gasteiger partial charge in [-0.2, -0.15) is 0 Å². The van der Waals surface area contributed by atoms with Gasteiger partial charge in [-0.15, -0.1) is 6.42 Å². The molecule has 0 aromatic heterocycles. The quantitative estimate of drug-likeness (QED) is 0.690. The predicted molar refractivity (Wildman–Crippen MR) is 97.6 cm³/mol. The molecule has 23 heavy (non-hydrogen) atoms. The summed E-state index contributed by atoms with van der Waals surface area (Å²) in [6.45, 7) is 1.67. The lowest BCUT2D eigenvalue weighted by Crippen LogP contribution is -2.34. The zero-order chi connectivity index (χ0) is 16.1. The number of hydrogen-bond acceptors (Lipinski definition) is 2. The molecule has 1 N–H and O–H groups in total. The number of nitrogens with zero attached hydrogens (tertiary/aromatic N) is 1. The van der Waals surface area contributed by atoms with E-state index in [1.165, 1.54) is 0 Å². The molecule has 0 radical (unpaired) electrons. The van der Waals surface area contributed by atoms with Crippen LogP contribution in [0.15, 0.2) is 54.6 Å². The molecule has 3 nitrogen and oxygen atoms in total. The molecule has 0 amide bonds. The van der Waals surface area contributed by atoms with Crippen LogP contribution in [0.2, 0.25) is 0 Å². The van der Waals surface area contributed by atoms with E-state index in [0.717, 1.165) is 36.5 Å². The van der Waals surface area contributed by atoms with E-state index in [9.17, 15) is 0 Å². The molecule has 3 rings (SSSR count). The van der Waals surface area contributed by atoms with Crippen molar-refractivity contribution in [2.75, 3.05) is 18.4 Å². The molecule has 1 aliphatic rings. The van der Waals surface area contributed by atoms with E-state index in [0.29, 0.717) is 5.11 Å². The molecule has 0 unspecified atom stereocenters. The van der Waals surface area contributed by atoms with Gasteiger partial charge in [-0.25, -0.2) is 0 Å². The highest BCUT2D eigenvalue weighted by atomic mass is 32.1. The second-order valence-electron chi connectivity index (χ2n) is 5.44. The number of thiocarbonyl (C=S) groups is 1. The van der Waals surface area contributed by atoms with E-state index in [4.69, 9.17) is 23.4 Å². The van der Waals surface area contributed by atoms with Gasteiger partial charge < -0.3 is 15.0 Å². The minimum atomic E-state index is 0.161. The SMILES string of the molecule is C#Cc1cccc(NC(=S)N2CC[C@@H](Oc3ccccc3)C2)c1. The molecule has 1 aliphatic heterocycles. The predicted octanol–water partition coefficient (Wildman–Crippen LogP) is 3.52. The van der Waals surface area contributed by atoms with E-state index in [-0.39, 0.29) is 6.10 Å². The Morgan fingerprint density at radius 3 is 2.83 bits per heavy atom. The van der Waals surface area contributed by atoms with Gasteiger partial charge in [-0.05, 0) is 42.5 Å². The van der Waals surface area contributed by atoms with Crippen molar-refractivity contribution in [3.05, 3.63) is 60.2 Å². The van der Waals surface area contributed by atoms with Gasteiger partial charge in [0.2, 0.25) is 0 Å². The number of ether oxygens (including phenoxy) is 1. The van der Waals surface area contributed by atoms with Crippen LogP contribution in [-0.4, -0.2) is 29.2 Å². The van der Waals surface area contributed by atoms with Crippen molar-refractivity contribution in [2.24, 2.45) is 0 Å². The Morgan fingerprint density at radius 1 is 1.22 bits per heavy atom. The molecule has 0 saturated carbocycles. The third-order valence-electron chi connectivity index (χ3n) is 3.76. The van der Waals surface area contributed by atoms with Crippen molar-refractivity contribution in [1.82, 2.24) is 4.90 Å². The van der Waals surface area contributed by atoms with Crippen molar-refractivity contribution in [3.63, 3.8) is 0 Å². The minimum Gasteiger partial charge on any atom is -0.489 e. The van der Waals surface area contributed by atoms with Gasteiger partial charge in [0, 0.05) is 24.2 Å². The van der Waals surface area contributed by atoms with Crippen LogP contribution in [0.3, 0.4) is 0 Å². The van der Waals surface area contributed by atoms with Gasteiger partial charge in [0.15, 0.2) is 5.11 Å². The van der Waals surface area contributed by atoms with Crippen LogP contribution in [0.4, 0.5) is 5.69 Å². The second-order valence-corrected chi connectivity index (χ2v) is 5.83. The van der Waals surface area contributed by atoms with Crippen molar-refractivity contribution >= 4 is 23.0 Å². The third-order valence-corrected chi connectivity index (χ3v) is 4.12. The molecule has 4 heteroatoms. The summed E-state index contributed by atoms with van der Waals surface area (Å²) < 4.78 is 5.99. The van der Waals surface area contributed by atoms with Gasteiger partial charge in [0.25, 0.3) is 0 Å². The molecule has 1 atom stereocenters. The summed E-state index contributed by atoms with van der Waals surface area (Å²) in [6.07, 6.45) is 6.55. The van der Waals surface area contributed by atoms with Crippen LogP contribution < -0.4 is 10.1 Å². The normalized spacial score (nSPS) is 16.7. The van der Waals surface area contributed by atoms with Gasteiger partial charge in [0.1, 0.15) is 11.9 Å². The fraction of sp³-hybridized carbons (Fsp3) is 0.211. The van der Waals surface area contributed by atoms with Gasteiger partial charge >= 0.3 is 0 Å². The van der Waals surface area contributed by atoms with Crippen molar-refractivity contribution in [2.45, 2.75) is 12.5 Å². The molecular weight excluding hydrogens is 304 g/mol. The largest absolute Gasteiger partial charge is 0.489 e. The van der Waals surface area contributed by atoms with Crippen molar-refractivity contribution < 1.29 is 4.74 Å². The number of anilines is 1. The maximum absolute atomic E-state index is 5.99. The molecule has 1 fully saturated rings. The first kappa shape index (κ1) is 15.4. The maximum Gasteiger partial charge on any atom is 0.173 e. The number of nitrogens with one attached hydrogen (secondary N) is 1. The number of terminal acetylenes is 1. The number of rotatable bonds is 3. The third kappa shape index (κ3) is 4.02. The second kappa shape index (κ2) is 7.17. The van der Waals surface area contributed by atoms with Crippen molar-refractivity contribution in [3.8, 4) is 18.1 Å². The summed E-state index contributed by atoms with van der Waals surface area (Å²) in [5.41, 5.74) is 1.75. The van der Waals surface area contributed by atoms with E-state index < -0.39 is 0 Å². The average Bonchev–Trinajstić information content (AvgIpc) is 3.04. The molecule has 2 aromatic rings. The Balaban J connectivity index is 1.56. The standard InChI is InChI=1S/C19H18N2OS/c1-2-15-7-6-8-16(13-15)20-19(23)21-12-11-18(14-21)22-17-9-4-3-5-10-17/h1,3-10,13,18H,11-12,14H2,(H,20,23)/t18-/m1/s1. The molecule has 0 bridgehead atoms. The van der Waals surface area contributed by atoms with Gasteiger partial charge in [-0.3, -0.25) is 0 Å². The lowest BCUT2D eigenvalue weighted by Gasteiger charge is -2.21. The van der Waals surface area contributed by atoms with E-state index in [1.54, 1.807) is 0 Å². The van der Waals surface area contributed by atoms with Crippen LogP contribution in [-0.2, 0) is 0 Å². The highest BCUT2D eigenvalue weighted by Gasteiger charge is 2.25. The average molecular weight is 322 g/mol. The Hall–Kier alpha value is -2.51. The fourth-order valence-corrected chi connectivity index (χ4v) is 2.87. The topological polar surface area (TPSA) is 24.5 Å². The number of benzene rings is 2. The monoisotopic (exact) mass is 322 g/mol. The molecule has 0 spiro atoms. The van der Waals surface area contributed by atoms with E-state index >= 15 is 0 Å². The summed E-state index contributed by atoms with van der Waals surface area (Å²) in [4.78, 5) is 2.13. The van der Waals surface area contributed by atoms with Crippen LogP contribution in [0.25, 0.3) is 0 Å². The number of hydrogen-bond donors (Lipinski definition) is 1. The van der Waals surface area contributed by atoms with Crippen molar-refractivity contribution in [1.29, 1.82) is 0 Å². The molecule has 1 saturated heterocycles. The Labute approximate surface area is 142 Å². The van der Waals surface area contributed by atoms with Crippen LogP contribution >= 0.6 is 12.2 Å². The summed E-state index contributed by atoms with van der Waals surface area (Å²) in [5.74, 6) is 3.53. The first-order valence-corrected chi connectivity index (χ1v) is 8.00. The molecule has 0 aliphatic carbocycles. The lowest BCUT2D eigenvalue weighted by molar-refractivity contribution is 0.215. The van der Waals surface area contributed by atoms with Gasteiger partial charge in [0.05, 0.1) is 6.54 Å². The highest BCUT2D eigenvalue weighted by Crippen LogP contribution is 2.19. The zero-order valence-corrected chi connectivity index (χ0v) is 13.6. The molecule has 2 aromatic carbocycles. The Bertz CT molecular complexity index is 724. The molecular formula is C19H18N2OS. The number of para-hydroxylation sites is 1. The van der Waals surface area contributed by atoms with E-state index in [1.807, 2.05) is 54.6 Å². The first-order chi connectivity index (χ1) is 11.2. The Morgan fingerprint density at radius 2 is 2.04 bits per heavy atom. The molecule has 116 valence electrons. The van der Waals surface area contributed by atoms with E-state index in [2.05, 4.69) is 16.1 Å². The lowest BCUT2D eigenvalue weighted by atomic mass is 10.2. The summed E-state index contributed by atoms with van der Waals surface area (Å²) >= 11 is 5.50. The molecule has 1 heterocycles. The van der Waals surface area contributed by atoms with Crippen LogP contribution in [0, 0.1) is 12.3 Å². The first-order valence-electron chi connectivity index (χ1n) is 7.59. The smallest absolute Gasteiger partial charge is 0.173 e. The summed E-state index contributed by atoms with van der Waals surface area (Å²) in [7, 11) is 0. The minimum absolute atomic E-state index is 0.161. The summed E-state index contributed by atoms with van der Waals surface area (Å²) in [5, 5.41) is 3.96. The van der Waals surface area contributed by atoms with Crippen LogP contribution in [0.5, 0.6) is 5.75 Å². The maximum atomic E-state index is 5.99. The fourth-order valence-electron chi connectivity index (χ4n) is 2.59. The summed E-state index contributed by atoms with van der Waals surface area (Å²) in [6, 6.07) is 17.6. The highest BCUT2D eigenvalue weighted by molar-refractivity contribution is 7.80. The van der Waals surface area contributed by atoms with Gasteiger partial charge in [-0.1, -0.05) is 30.2 Å². The van der Waals surface area contributed by atoms with Crippen LogP contribution in [0.1, 0.15) is 12.0 Å². The Kier molecular flexibility index (Phi) is 4.80. The zero-order valence-electron chi connectivity index (χ0n) is 12.7. The number of likely N-dealkylation sites (tertiary alicyclic amines) is 1.